The molecule has 1 aliphatic heterocycles. The van der Waals surface area contributed by atoms with Gasteiger partial charge in [0.15, 0.2) is 0 Å². The van der Waals surface area contributed by atoms with Crippen molar-refractivity contribution >= 4 is 17.2 Å². The van der Waals surface area contributed by atoms with E-state index in [-0.39, 0.29) is 12.4 Å². The topological polar surface area (TPSA) is 12.5 Å². The normalized spacial score (nSPS) is 14.8. The molecular weight excluding hydrogens is 299 g/mol. The zero-order valence-electron chi connectivity index (χ0n) is 11.9. The number of hydrogen-bond donors (Lipinski definition) is 0. The first-order chi connectivity index (χ1) is 9.93. The fourth-order valence-electron chi connectivity index (χ4n) is 2.04. The molecule has 1 saturated heterocycles. The summed E-state index contributed by atoms with van der Waals surface area (Å²) in [5, 5.41) is 0. The van der Waals surface area contributed by atoms with E-state index in [1.165, 1.54) is 6.07 Å². The van der Waals surface area contributed by atoms with E-state index in [1.807, 2.05) is 11.8 Å². The highest BCUT2D eigenvalue weighted by Crippen LogP contribution is 2.37. The van der Waals surface area contributed by atoms with Crippen molar-refractivity contribution in [2.24, 2.45) is 0 Å². The second-order valence-electron chi connectivity index (χ2n) is 5.06. The second-order valence-corrected chi connectivity index (χ2v) is 5.44. The van der Waals surface area contributed by atoms with Crippen LogP contribution < -0.4 is 4.74 Å². The van der Waals surface area contributed by atoms with Crippen LogP contribution in [0.5, 0.6) is 5.75 Å². The summed E-state index contributed by atoms with van der Waals surface area (Å²) in [7, 11) is 0. The number of halogens is 3. The number of rotatable bonds is 5. The van der Waals surface area contributed by atoms with Crippen LogP contribution in [0.4, 0.5) is 13.2 Å². The maximum absolute atomic E-state index is 13.2. The molecule has 0 radical (unpaired) electrons. The lowest BCUT2D eigenvalue weighted by Crippen LogP contribution is -2.41. The molecule has 21 heavy (non-hydrogen) atoms. The van der Waals surface area contributed by atoms with Crippen LogP contribution in [0.15, 0.2) is 18.2 Å². The maximum Gasteiger partial charge on any atom is 0.419 e. The van der Waals surface area contributed by atoms with Gasteiger partial charge in [0.05, 0.1) is 12.2 Å². The Morgan fingerprint density at radius 3 is 2.57 bits per heavy atom. The molecule has 0 spiro atoms. The van der Waals surface area contributed by atoms with Gasteiger partial charge < -0.3 is 9.64 Å². The third-order valence-electron chi connectivity index (χ3n) is 3.43. The first-order valence-electron chi connectivity index (χ1n) is 7.07. The minimum atomic E-state index is -4.44. The minimum absolute atomic E-state index is 0.119. The van der Waals surface area contributed by atoms with Gasteiger partial charge in [0, 0.05) is 18.7 Å². The molecule has 0 saturated carbocycles. The highest BCUT2D eigenvalue weighted by Gasteiger charge is 2.35. The van der Waals surface area contributed by atoms with E-state index in [2.05, 4.69) is 0 Å². The Morgan fingerprint density at radius 2 is 2.05 bits per heavy atom. The molecule has 1 fully saturated rings. The summed E-state index contributed by atoms with van der Waals surface area (Å²) in [5.41, 5.74) is -0.321. The molecule has 2 rings (SSSR count). The van der Waals surface area contributed by atoms with Gasteiger partial charge in [-0.1, -0.05) is 25.6 Å². The fraction of sp³-hybridized carbons (Fsp3) is 0.533. The van der Waals surface area contributed by atoms with Crippen molar-refractivity contribution < 1.29 is 17.9 Å². The number of alkyl halides is 3. The third kappa shape index (κ3) is 3.87. The summed E-state index contributed by atoms with van der Waals surface area (Å²) in [6.07, 6.45) is -1.81. The van der Waals surface area contributed by atoms with Gasteiger partial charge in [0.25, 0.3) is 0 Å². The summed E-state index contributed by atoms with van der Waals surface area (Å²) in [6, 6.07) is 4.08. The maximum atomic E-state index is 13.2. The van der Waals surface area contributed by atoms with Gasteiger partial charge in [-0.25, -0.2) is 0 Å². The summed E-state index contributed by atoms with van der Waals surface area (Å²) >= 11 is 5.24. The number of likely N-dealkylation sites (tertiary alicyclic amines) is 1. The third-order valence-corrected chi connectivity index (χ3v) is 3.92. The highest BCUT2D eigenvalue weighted by molar-refractivity contribution is 7.80. The Kier molecular flexibility index (Phi) is 5.08. The number of nitrogens with zero attached hydrogens (tertiary/aromatic N) is 1. The molecule has 0 unspecified atom stereocenters. The molecule has 0 bridgehead atoms. The van der Waals surface area contributed by atoms with Crippen LogP contribution in [0.3, 0.4) is 0 Å². The quantitative estimate of drug-likeness (QED) is 0.594. The molecule has 0 aliphatic carbocycles. The number of thiocarbonyl (C=S) groups is 1. The molecule has 116 valence electrons. The second kappa shape index (κ2) is 6.64. The van der Waals surface area contributed by atoms with Crippen molar-refractivity contribution in [3.8, 4) is 5.75 Å². The monoisotopic (exact) mass is 317 g/mol. The molecule has 1 aromatic carbocycles. The molecule has 1 aromatic rings. The number of unbranched alkanes of at least 4 members (excludes halogenated alkanes) is 1. The lowest BCUT2D eigenvalue weighted by Gasteiger charge is -2.33. The molecule has 0 atom stereocenters. The average molecular weight is 317 g/mol. The SMILES string of the molecule is CCCCOc1ccc(C(=S)N2CCC2)cc1C(F)(F)F. The van der Waals surface area contributed by atoms with Crippen LogP contribution in [-0.2, 0) is 6.18 Å². The van der Waals surface area contributed by atoms with Gasteiger partial charge in [0.2, 0.25) is 0 Å². The largest absolute Gasteiger partial charge is 0.493 e. The lowest BCUT2D eigenvalue weighted by molar-refractivity contribution is -0.139. The summed E-state index contributed by atoms with van der Waals surface area (Å²) in [4.78, 5) is 2.38. The van der Waals surface area contributed by atoms with Crippen molar-refractivity contribution in [1.82, 2.24) is 4.90 Å². The van der Waals surface area contributed by atoms with E-state index >= 15 is 0 Å². The van der Waals surface area contributed by atoms with E-state index in [9.17, 15) is 13.2 Å². The minimum Gasteiger partial charge on any atom is -0.493 e. The lowest BCUT2D eigenvalue weighted by atomic mass is 10.1. The summed E-state index contributed by atoms with van der Waals surface area (Å²) < 4.78 is 44.7. The van der Waals surface area contributed by atoms with E-state index in [1.54, 1.807) is 6.07 Å². The molecule has 1 aliphatic rings. The standard InChI is InChI=1S/C15H18F3NOS/c1-2-3-9-20-13-6-5-11(10-12(13)15(16,17)18)14(21)19-7-4-8-19/h5-6,10H,2-4,7-9H2,1H3. The van der Waals surface area contributed by atoms with E-state index in [0.717, 1.165) is 38.4 Å². The molecule has 1 heterocycles. The molecule has 0 N–H and O–H groups in total. The molecule has 2 nitrogen and oxygen atoms in total. The Balaban J connectivity index is 2.24. The molecular formula is C15H18F3NOS. The summed E-state index contributed by atoms with van der Waals surface area (Å²) in [6.45, 7) is 3.88. The molecule has 0 amide bonds. The van der Waals surface area contributed by atoms with Crippen molar-refractivity contribution in [2.45, 2.75) is 32.4 Å². The Hall–Kier alpha value is -1.30. The number of benzene rings is 1. The van der Waals surface area contributed by atoms with Crippen LogP contribution in [-0.4, -0.2) is 29.6 Å². The zero-order chi connectivity index (χ0) is 15.5. The Bertz CT molecular complexity index is 512. The Morgan fingerprint density at radius 1 is 1.33 bits per heavy atom. The predicted molar refractivity (Wildman–Crippen MR) is 79.7 cm³/mol. The smallest absolute Gasteiger partial charge is 0.419 e. The summed E-state index contributed by atoms with van der Waals surface area (Å²) in [5.74, 6) is -0.119. The van der Waals surface area contributed by atoms with Crippen LogP contribution in [0, 0.1) is 0 Å². The predicted octanol–water partition coefficient (Wildman–Crippen LogP) is 4.27. The van der Waals surface area contributed by atoms with Crippen LogP contribution >= 0.6 is 12.2 Å². The van der Waals surface area contributed by atoms with Crippen molar-refractivity contribution in [3.05, 3.63) is 29.3 Å². The zero-order valence-corrected chi connectivity index (χ0v) is 12.7. The molecule has 0 aromatic heterocycles. The van der Waals surface area contributed by atoms with Gasteiger partial charge in [0.1, 0.15) is 10.7 Å². The van der Waals surface area contributed by atoms with Crippen LogP contribution in [0.1, 0.15) is 37.3 Å². The van der Waals surface area contributed by atoms with Crippen molar-refractivity contribution in [3.63, 3.8) is 0 Å². The first-order valence-corrected chi connectivity index (χ1v) is 7.47. The highest BCUT2D eigenvalue weighted by atomic mass is 32.1. The van der Waals surface area contributed by atoms with Gasteiger partial charge in [-0.15, -0.1) is 0 Å². The van der Waals surface area contributed by atoms with Crippen molar-refractivity contribution in [1.29, 1.82) is 0 Å². The van der Waals surface area contributed by atoms with Gasteiger partial charge in [-0.2, -0.15) is 13.2 Å². The Labute approximate surface area is 127 Å². The molecule has 6 heteroatoms. The van der Waals surface area contributed by atoms with E-state index in [4.69, 9.17) is 17.0 Å². The van der Waals surface area contributed by atoms with Crippen LogP contribution in [0.25, 0.3) is 0 Å². The van der Waals surface area contributed by atoms with Gasteiger partial charge in [-0.05, 0) is 31.0 Å². The van der Waals surface area contributed by atoms with Crippen LogP contribution in [0.2, 0.25) is 0 Å². The number of hydrogen-bond acceptors (Lipinski definition) is 2. The first kappa shape index (κ1) is 16.1. The van der Waals surface area contributed by atoms with Crippen molar-refractivity contribution in [2.75, 3.05) is 19.7 Å². The van der Waals surface area contributed by atoms with E-state index in [0.29, 0.717) is 10.6 Å². The average Bonchev–Trinajstić information content (AvgIpc) is 2.36. The van der Waals surface area contributed by atoms with Gasteiger partial charge >= 0.3 is 6.18 Å². The van der Waals surface area contributed by atoms with E-state index < -0.39 is 11.7 Å². The van der Waals surface area contributed by atoms with Gasteiger partial charge in [-0.3, -0.25) is 0 Å². The number of ether oxygens (including phenoxy) is 1. The fourth-order valence-corrected chi connectivity index (χ4v) is 2.35.